The molecule has 1 saturated heterocycles. The highest BCUT2D eigenvalue weighted by molar-refractivity contribution is 6.10. The van der Waals surface area contributed by atoms with E-state index in [0.29, 0.717) is 55.6 Å². The first-order valence-electron chi connectivity index (χ1n) is 11.6. The summed E-state index contributed by atoms with van der Waals surface area (Å²) in [7, 11) is 1.35. The van der Waals surface area contributed by atoms with Gasteiger partial charge in [-0.3, -0.25) is 19.3 Å². The van der Waals surface area contributed by atoms with Gasteiger partial charge in [0.2, 0.25) is 11.8 Å². The summed E-state index contributed by atoms with van der Waals surface area (Å²) in [5, 5.41) is 0. The third-order valence-electron chi connectivity index (χ3n) is 7.22. The van der Waals surface area contributed by atoms with E-state index in [1.807, 2.05) is 19.1 Å². The van der Waals surface area contributed by atoms with Gasteiger partial charge in [0.1, 0.15) is 5.66 Å². The number of rotatable bonds is 5. The molecule has 0 saturated carbocycles. The molecule has 5 rings (SSSR count). The smallest absolute Gasteiger partial charge is 0.337 e. The Morgan fingerprint density at radius 1 is 1.06 bits per heavy atom. The first-order valence-corrected chi connectivity index (χ1v) is 11.6. The lowest BCUT2D eigenvalue weighted by Gasteiger charge is -2.48. The van der Waals surface area contributed by atoms with E-state index in [-0.39, 0.29) is 24.1 Å². The minimum atomic E-state index is -0.712. The normalized spacial score (nSPS) is 20.8. The molecule has 0 spiro atoms. The summed E-state index contributed by atoms with van der Waals surface area (Å²) in [4.78, 5) is 56.1. The van der Waals surface area contributed by atoms with Gasteiger partial charge in [0, 0.05) is 31.6 Å². The zero-order chi connectivity index (χ0) is 24.0. The average Bonchev–Trinajstić information content (AvgIpc) is 3.41. The quantitative estimate of drug-likeness (QED) is 0.639. The minimum Gasteiger partial charge on any atom is -0.465 e. The van der Waals surface area contributed by atoms with E-state index < -0.39 is 11.6 Å². The fourth-order valence-electron chi connectivity index (χ4n) is 5.47. The zero-order valence-corrected chi connectivity index (χ0v) is 19.4. The van der Waals surface area contributed by atoms with E-state index in [2.05, 4.69) is 0 Å². The highest BCUT2D eigenvalue weighted by Gasteiger charge is 2.52. The van der Waals surface area contributed by atoms with Crippen molar-refractivity contribution in [3.8, 4) is 0 Å². The number of ether oxygens (including phenoxy) is 1. The molecule has 1 fully saturated rings. The van der Waals surface area contributed by atoms with Crippen molar-refractivity contribution in [2.24, 2.45) is 0 Å². The number of anilines is 2. The van der Waals surface area contributed by atoms with Crippen LogP contribution in [0.5, 0.6) is 0 Å². The molecule has 0 aliphatic carbocycles. The number of amides is 3. The highest BCUT2D eigenvalue weighted by atomic mass is 16.5. The van der Waals surface area contributed by atoms with Gasteiger partial charge in [-0.05, 0) is 62.1 Å². The third-order valence-corrected chi connectivity index (χ3v) is 7.22. The fourth-order valence-corrected chi connectivity index (χ4v) is 5.47. The number of nitrogens with zero attached hydrogens (tertiary/aromatic N) is 3. The number of methoxy groups -OCH3 is 1. The number of hydrogen-bond donors (Lipinski definition) is 0. The maximum atomic E-state index is 13.3. The maximum absolute atomic E-state index is 13.3. The molecule has 176 valence electrons. The number of benzene rings is 2. The van der Waals surface area contributed by atoms with E-state index in [1.165, 1.54) is 7.11 Å². The lowest BCUT2D eigenvalue weighted by atomic mass is 9.98. The van der Waals surface area contributed by atoms with Gasteiger partial charge in [-0.2, -0.15) is 0 Å². The molecule has 1 atom stereocenters. The molecule has 0 radical (unpaired) electrons. The number of hydrogen-bond acceptors (Lipinski definition) is 5. The SMILES string of the molecule is COC(=O)c1ccc2c(c1)CCN2C(=O)CCCN1C(=O)c2ccccc2N2C(=O)CCC12C. The average molecular weight is 462 g/mol. The summed E-state index contributed by atoms with van der Waals surface area (Å²) in [6, 6.07) is 12.5. The van der Waals surface area contributed by atoms with Gasteiger partial charge >= 0.3 is 5.97 Å². The zero-order valence-electron chi connectivity index (χ0n) is 19.4. The van der Waals surface area contributed by atoms with Crippen LogP contribution in [0.15, 0.2) is 42.5 Å². The standard InChI is InChI=1S/C26H27N3O5/c1-26-13-11-23(31)29(26)21-7-4-3-6-19(21)24(32)28(26)14-5-8-22(30)27-15-12-17-16-18(25(33)34-2)9-10-20(17)27/h3-4,6-7,9-10,16H,5,8,11-15H2,1-2H3. The van der Waals surface area contributed by atoms with Gasteiger partial charge in [-0.15, -0.1) is 0 Å². The van der Waals surface area contributed by atoms with Gasteiger partial charge in [-0.25, -0.2) is 4.79 Å². The van der Waals surface area contributed by atoms with Crippen LogP contribution >= 0.6 is 0 Å². The van der Waals surface area contributed by atoms with Crippen molar-refractivity contribution in [3.05, 3.63) is 59.2 Å². The maximum Gasteiger partial charge on any atom is 0.337 e. The van der Waals surface area contributed by atoms with Gasteiger partial charge in [0.15, 0.2) is 0 Å². The lowest BCUT2D eigenvalue weighted by Crippen LogP contribution is -2.62. The van der Waals surface area contributed by atoms with Crippen LogP contribution < -0.4 is 9.80 Å². The van der Waals surface area contributed by atoms with E-state index in [0.717, 1.165) is 11.3 Å². The molecular formula is C26H27N3O5. The Labute approximate surface area is 198 Å². The van der Waals surface area contributed by atoms with Crippen molar-refractivity contribution < 1.29 is 23.9 Å². The topological polar surface area (TPSA) is 87.2 Å². The van der Waals surface area contributed by atoms with Gasteiger partial charge in [0.25, 0.3) is 5.91 Å². The Morgan fingerprint density at radius 2 is 1.85 bits per heavy atom. The predicted molar refractivity (Wildman–Crippen MR) is 126 cm³/mol. The second-order valence-electron chi connectivity index (χ2n) is 9.15. The van der Waals surface area contributed by atoms with Crippen molar-refractivity contribution in [3.63, 3.8) is 0 Å². The molecular weight excluding hydrogens is 434 g/mol. The molecule has 2 aromatic carbocycles. The second kappa shape index (κ2) is 8.27. The van der Waals surface area contributed by atoms with E-state index in [9.17, 15) is 19.2 Å². The Kier molecular flexibility index (Phi) is 5.38. The van der Waals surface area contributed by atoms with Crippen LogP contribution in [0.1, 0.15) is 58.9 Å². The summed E-state index contributed by atoms with van der Waals surface area (Å²) < 4.78 is 4.78. The first-order chi connectivity index (χ1) is 16.3. The Morgan fingerprint density at radius 3 is 2.65 bits per heavy atom. The highest BCUT2D eigenvalue weighted by Crippen LogP contribution is 2.44. The van der Waals surface area contributed by atoms with Crippen LogP contribution in [-0.2, 0) is 20.7 Å². The molecule has 0 bridgehead atoms. The van der Waals surface area contributed by atoms with E-state index in [4.69, 9.17) is 4.74 Å². The second-order valence-corrected chi connectivity index (χ2v) is 9.15. The van der Waals surface area contributed by atoms with Crippen molar-refractivity contribution in [1.82, 2.24) is 4.90 Å². The molecule has 0 aromatic heterocycles. The molecule has 3 amide bonds. The van der Waals surface area contributed by atoms with Crippen LogP contribution in [0.3, 0.4) is 0 Å². The summed E-state index contributed by atoms with van der Waals surface area (Å²) in [5.74, 6) is -0.492. The largest absolute Gasteiger partial charge is 0.465 e. The van der Waals surface area contributed by atoms with Gasteiger partial charge in [0.05, 0.1) is 23.9 Å². The van der Waals surface area contributed by atoms with Gasteiger partial charge < -0.3 is 14.5 Å². The first kappa shape index (κ1) is 22.1. The molecule has 8 nitrogen and oxygen atoms in total. The molecule has 3 heterocycles. The Bertz CT molecular complexity index is 1210. The minimum absolute atomic E-state index is 0.0149. The van der Waals surface area contributed by atoms with Crippen LogP contribution in [-0.4, -0.2) is 54.5 Å². The van der Waals surface area contributed by atoms with Crippen molar-refractivity contribution in [1.29, 1.82) is 0 Å². The Balaban J connectivity index is 1.29. The summed E-state index contributed by atoms with van der Waals surface area (Å²) in [6.45, 7) is 2.89. The number of para-hydroxylation sites is 1. The molecule has 1 unspecified atom stereocenters. The number of carbonyl (C=O) groups is 4. The predicted octanol–water partition coefficient (Wildman–Crippen LogP) is 3.14. The van der Waals surface area contributed by atoms with Crippen molar-refractivity contribution in [2.45, 2.75) is 44.7 Å². The molecule has 8 heteroatoms. The number of esters is 1. The van der Waals surface area contributed by atoms with Crippen molar-refractivity contribution in [2.75, 3.05) is 30.0 Å². The van der Waals surface area contributed by atoms with Crippen molar-refractivity contribution >= 4 is 35.1 Å². The van der Waals surface area contributed by atoms with E-state index in [1.54, 1.807) is 45.0 Å². The van der Waals surface area contributed by atoms with Crippen LogP contribution in [0.2, 0.25) is 0 Å². The molecule has 2 aromatic rings. The molecule has 3 aliphatic heterocycles. The van der Waals surface area contributed by atoms with Gasteiger partial charge in [-0.1, -0.05) is 12.1 Å². The molecule has 34 heavy (non-hydrogen) atoms. The summed E-state index contributed by atoms with van der Waals surface area (Å²) in [6.07, 6.45) is 2.43. The Hall–Kier alpha value is -3.68. The number of carbonyl (C=O) groups excluding carboxylic acids is 4. The summed E-state index contributed by atoms with van der Waals surface area (Å²) >= 11 is 0. The van der Waals surface area contributed by atoms with Crippen LogP contribution in [0.4, 0.5) is 11.4 Å². The monoisotopic (exact) mass is 461 g/mol. The van der Waals surface area contributed by atoms with Crippen LogP contribution in [0, 0.1) is 0 Å². The fraction of sp³-hybridized carbons (Fsp3) is 0.385. The summed E-state index contributed by atoms with van der Waals surface area (Å²) in [5.41, 5.74) is 2.73. The molecule has 3 aliphatic rings. The molecule has 0 N–H and O–H groups in total. The third kappa shape index (κ3) is 3.36. The number of fused-ring (bicyclic) bond motifs is 4. The van der Waals surface area contributed by atoms with E-state index >= 15 is 0 Å². The lowest BCUT2D eigenvalue weighted by molar-refractivity contribution is -0.119. The van der Waals surface area contributed by atoms with Crippen LogP contribution in [0.25, 0.3) is 0 Å².